The maximum atomic E-state index is 13.1. The smallest absolute Gasteiger partial charge is 0.337 e. The largest absolute Gasteiger partial charge is 0.496 e. The lowest BCUT2D eigenvalue weighted by atomic mass is 10.0. The molecule has 0 atom stereocenters. The molecule has 4 aromatic rings. The molecule has 0 radical (unpaired) electrons. The van der Waals surface area contributed by atoms with E-state index in [0.717, 1.165) is 16.9 Å². The van der Waals surface area contributed by atoms with Gasteiger partial charge in [0.05, 0.1) is 35.8 Å². The van der Waals surface area contributed by atoms with Gasteiger partial charge in [-0.25, -0.2) is 4.79 Å². The third-order valence-corrected chi connectivity index (χ3v) is 6.20. The molecule has 1 amide bonds. The van der Waals surface area contributed by atoms with Crippen molar-refractivity contribution < 1.29 is 24.2 Å². The number of carboxylic acids is 1. The minimum absolute atomic E-state index is 0.0505. The number of rotatable bonds is 8. The van der Waals surface area contributed by atoms with Gasteiger partial charge in [0, 0.05) is 23.3 Å². The summed E-state index contributed by atoms with van der Waals surface area (Å²) >= 11 is 5.96. The van der Waals surface area contributed by atoms with Gasteiger partial charge in [0.2, 0.25) is 5.78 Å². The topological polar surface area (TPSA) is 109 Å². The van der Waals surface area contributed by atoms with E-state index >= 15 is 0 Å². The van der Waals surface area contributed by atoms with E-state index in [1.165, 1.54) is 25.3 Å². The average molecular weight is 530 g/mol. The van der Waals surface area contributed by atoms with Crippen LogP contribution >= 0.6 is 11.6 Å². The summed E-state index contributed by atoms with van der Waals surface area (Å²) in [6, 6.07) is 19.7. The number of ether oxygens (including phenoxy) is 1. The Morgan fingerprint density at radius 3 is 2.26 bits per heavy atom. The van der Waals surface area contributed by atoms with E-state index in [1.807, 2.05) is 31.0 Å². The van der Waals surface area contributed by atoms with Crippen LogP contribution in [0.15, 0.2) is 79.0 Å². The van der Waals surface area contributed by atoms with Crippen molar-refractivity contribution >= 4 is 46.3 Å². The van der Waals surface area contributed by atoms with E-state index in [9.17, 15) is 19.5 Å². The minimum Gasteiger partial charge on any atom is -0.496 e. The second-order valence-corrected chi connectivity index (χ2v) is 8.93. The highest BCUT2D eigenvalue weighted by atomic mass is 35.5. The van der Waals surface area contributed by atoms with Crippen molar-refractivity contribution in [3.05, 3.63) is 112 Å². The van der Waals surface area contributed by atoms with E-state index in [4.69, 9.17) is 16.3 Å². The maximum absolute atomic E-state index is 13.1. The van der Waals surface area contributed by atoms with Crippen molar-refractivity contribution in [3.8, 4) is 5.75 Å². The number of hydrogen-bond donors (Lipinski definition) is 2. The molecule has 0 bridgehead atoms. The lowest BCUT2D eigenvalue weighted by Crippen LogP contribution is -2.16. The number of hydrogen-bond acceptors (Lipinski definition) is 6. The molecular weight excluding hydrogens is 506 g/mol. The first-order chi connectivity index (χ1) is 18.2. The Morgan fingerprint density at radius 1 is 0.921 bits per heavy atom. The van der Waals surface area contributed by atoms with Crippen LogP contribution < -0.4 is 15.0 Å². The Labute approximate surface area is 224 Å². The number of nitrogens with one attached hydrogen (secondary N) is 1. The second kappa shape index (κ2) is 11.1. The summed E-state index contributed by atoms with van der Waals surface area (Å²) in [5, 5.41) is 13.0. The zero-order chi connectivity index (χ0) is 27.4. The van der Waals surface area contributed by atoms with Gasteiger partial charge in [-0.2, -0.15) is 0 Å². The van der Waals surface area contributed by atoms with E-state index < -0.39 is 17.7 Å². The Morgan fingerprint density at radius 2 is 1.63 bits per heavy atom. The summed E-state index contributed by atoms with van der Waals surface area (Å²) < 4.78 is 5.28. The molecule has 0 aliphatic heterocycles. The number of halogens is 1. The first-order valence-electron chi connectivity index (χ1n) is 11.5. The van der Waals surface area contributed by atoms with Gasteiger partial charge in [0.1, 0.15) is 11.4 Å². The lowest BCUT2D eigenvalue weighted by molar-refractivity contribution is 0.0698. The van der Waals surface area contributed by atoms with Crippen molar-refractivity contribution in [1.29, 1.82) is 0 Å². The normalized spacial score (nSPS) is 10.5. The molecule has 2 N–H and O–H groups in total. The van der Waals surface area contributed by atoms with Crippen molar-refractivity contribution in [1.82, 2.24) is 4.98 Å². The van der Waals surface area contributed by atoms with Gasteiger partial charge in [-0.15, -0.1) is 0 Å². The lowest BCUT2D eigenvalue weighted by Gasteiger charge is -2.19. The van der Waals surface area contributed by atoms with E-state index in [-0.39, 0.29) is 28.1 Å². The zero-order valence-corrected chi connectivity index (χ0v) is 21.6. The molecule has 1 heterocycles. The monoisotopic (exact) mass is 529 g/mol. The molecule has 0 saturated heterocycles. The van der Waals surface area contributed by atoms with Crippen LogP contribution in [-0.2, 0) is 0 Å². The van der Waals surface area contributed by atoms with Crippen molar-refractivity contribution in [2.45, 2.75) is 6.92 Å². The number of pyridine rings is 1. The van der Waals surface area contributed by atoms with Crippen molar-refractivity contribution in [2.24, 2.45) is 0 Å². The second-order valence-electron chi connectivity index (χ2n) is 8.49. The standard InChI is InChI=1S/C29H24ClN3O5/c1-17-4-11-22(26(14-17)38-3)28(35)32-24-12-5-18(15-23(24)29(36)37)27(34)25-13-10-21(16-31-25)33(2)20-8-6-19(30)7-9-20/h4-16H,1-3H3,(H,32,35)(H,36,37). The predicted molar refractivity (Wildman–Crippen MR) is 146 cm³/mol. The van der Waals surface area contributed by atoms with Crippen molar-refractivity contribution in [3.63, 3.8) is 0 Å². The number of carbonyl (C=O) groups is 3. The summed E-state index contributed by atoms with van der Waals surface area (Å²) in [6.45, 7) is 1.86. The molecule has 3 aromatic carbocycles. The minimum atomic E-state index is -1.29. The molecule has 192 valence electrons. The van der Waals surface area contributed by atoms with Gasteiger partial charge in [-0.05, 0) is 79.2 Å². The van der Waals surface area contributed by atoms with Crippen LogP contribution in [0.2, 0.25) is 5.02 Å². The SMILES string of the molecule is COc1cc(C)ccc1C(=O)Nc1ccc(C(=O)c2ccc(N(C)c3ccc(Cl)cc3)cn2)cc1C(=O)O. The number of benzene rings is 3. The highest BCUT2D eigenvalue weighted by molar-refractivity contribution is 6.30. The van der Waals surface area contributed by atoms with Gasteiger partial charge in [0.15, 0.2) is 0 Å². The van der Waals surface area contributed by atoms with Crippen LogP contribution in [-0.4, -0.2) is 41.9 Å². The fourth-order valence-corrected chi connectivity index (χ4v) is 3.95. The maximum Gasteiger partial charge on any atom is 0.337 e. The van der Waals surface area contributed by atoms with Gasteiger partial charge >= 0.3 is 5.97 Å². The molecule has 4 rings (SSSR count). The molecule has 0 spiro atoms. The number of amides is 1. The van der Waals surface area contributed by atoms with Crippen LogP contribution in [0.5, 0.6) is 5.75 Å². The van der Waals surface area contributed by atoms with Gasteiger partial charge < -0.3 is 20.1 Å². The molecule has 38 heavy (non-hydrogen) atoms. The first-order valence-corrected chi connectivity index (χ1v) is 11.9. The van der Waals surface area contributed by atoms with Crippen LogP contribution in [0.3, 0.4) is 0 Å². The zero-order valence-electron chi connectivity index (χ0n) is 20.9. The van der Waals surface area contributed by atoms with Crippen LogP contribution in [0.25, 0.3) is 0 Å². The van der Waals surface area contributed by atoms with Gasteiger partial charge in [-0.1, -0.05) is 17.7 Å². The molecule has 0 aliphatic rings. The number of aryl methyl sites for hydroxylation is 1. The number of anilines is 3. The third kappa shape index (κ3) is 5.66. The molecule has 0 saturated carbocycles. The van der Waals surface area contributed by atoms with E-state index in [1.54, 1.807) is 48.7 Å². The average Bonchev–Trinajstić information content (AvgIpc) is 2.92. The highest BCUT2D eigenvalue weighted by Crippen LogP contribution is 2.26. The number of carbonyl (C=O) groups excluding carboxylic acids is 2. The molecule has 0 aliphatic carbocycles. The number of ketones is 1. The molecule has 1 aromatic heterocycles. The summed E-state index contributed by atoms with van der Waals surface area (Å²) in [6.07, 6.45) is 1.56. The number of carboxylic acid groups (broad SMARTS) is 1. The van der Waals surface area contributed by atoms with Crippen LogP contribution in [0.4, 0.5) is 17.1 Å². The summed E-state index contributed by atoms with van der Waals surface area (Å²) in [7, 11) is 3.31. The van der Waals surface area contributed by atoms with Crippen LogP contribution in [0.1, 0.15) is 42.3 Å². The summed E-state index contributed by atoms with van der Waals surface area (Å²) in [4.78, 5) is 44.1. The predicted octanol–water partition coefficient (Wildman–Crippen LogP) is 6.00. The number of aromatic carboxylic acids is 1. The Kier molecular flexibility index (Phi) is 7.74. The fourth-order valence-electron chi connectivity index (χ4n) is 3.83. The fraction of sp³-hybridized carbons (Fsp3) is 0.103. The Bertz CT molecular complexity index is 1520. The third-order valence-electron chi connectivity index (χ3n) is 5.94. The number of methoxy groups -OCH3 is 1. The Balaban J connectivity index is 1.56. The molecule has 8 nitrogen and oxygen atoms in total. The van der Waals surface area contributed by atoms with Gasteiger partial charge in [-0.3, -0.25) is 14.6 Å². The number of nitrogens with zero attached hydrogens (tertiary/aromatic N) is 2. The quantitative estimate of drug-likeness (QED) is 0.269. The molecular formula is C29H24ClN3O5. The summed E-state index contributed by atoms with van der Waals surface area (Å²) in [5.74, 6) is -1.92. The first kappa shape index (κ1) is 26.4. The van der Waals surface area contributed by atoms with Gasteiger partial charge in [0.25, 0.3) is 5.91 Å². The van der Waals surface area contributed by atoms with Crippen LogP contribution in [0, 0.1) is 6.92 Å². The number of aromatic nitrogens is 1. The Hall–Kier alpha value is -4.69. The van der Waals surface area contributed by atoms with Crippen molar-refractivity contribution in [2.75, 3.05) is 24.4 Å². The molecule has 0 unspecified atom stereocenters. The van der Waals surface area contributed by atoms with E-state index in [0.29, 0.717) is 10.8 Å². The molecule has 9 heteroatoms. The van der Waals surface area contributed by atoms with E-state index in [2.05, 4.69) is 10.3 Å². The highest BCUT2D eigenvalue weighted by Gasteiger charge is 2.20. The summed E-state index contributed by atoms with van der Waals surface area (Å²) in [5.41, 5.74) is 2.90. The molecule has 0 fully saturated rings.